The molecule has 0 radical (unpaired) electrons. The van der Waals surface area contributed by atoms with Crippen LogP contribution in [0.1, 0.15) is 22.5 Å². The van der Waals surface area contributed by atoms with Crippen LogP contribution in [0, 0.1) is 6.92 Å². The summed E-state index contributed by atoms with van der Waals surface area (Å²) in [7, 11) is 2.18. The first-order valence-electron chi connectivity index (χ1n) is 7.19. The first-order chi connectivity index (χ1) is 9.70. The van der Waals surface area contributed by atoms with Crippen LogP contribution in [-0.2, 0) is 19.5 Å². The maximum atomic E-state index is 4.40. The van der Waals surface area contributed by atoms with Crippen molar-refractivity contribution in [3.63, 3.8) is 0 Å². The molecule has 2 aromatic rings. The molecule has 20 heavy (non-hydrogen) atoms. The molecule has 0 saturated heterocycles. The highest BCUT2D eigenvalue weighted by Crippen LogP contribution is 2.13. The molecule has 2 heterocycles. The first kappa shape index (κ1) is 13.3. The molecule has 0 spiro atoms. The predicted octanol–water partition coefficient (Wildman–Crippen LogP) is 1.86. The zero-order valence-electron chi connectivity index (χ0n) is 12.2. The van der Waals surface area contributed by atoms with Gasteiger partial charge in [0, 0.05) is 32.1 Å². The number of hydrogen-bond acceptors (Lipinski definition) is 3. The molecule has 0 saturated carbocycles. The van der Waals surface area contributed by atoms with Gasteiger partial charge in [-0.3, -0.25) is 0 Å². The van der Waals surface area contributed by atoms with Crippen molar-refractivity contribution in [3.05, 3.63) is 53.1 Å². The van der Waals surface area contributed by atoms with E-state index in [0.29, 0.717) is 6.04 Å². The summed E-state index contributed by atoms with van der Waals surface area (Å²) in [6.45, 7) is 5.08. The zero-order valence-corrected chi connectivity index (χ0v) is 12.2. The summed E-state index contributed by atoms with van der Waals surface area (Å²) < 4.78 is 0. The number of H-pyrrole nitrogens is 1. The van der Waals surface area contributed by atoms with Crippen molar-refractivity contribution >= 4 is 0 Å². The van der Waals surface area contributed by atoms with Crippen LogP contribution in [0.3, 0.4) is 0 Å². The van der Waals surface area contributed by atoms with Crippen molar-refractivity contribution in [2.75, 3.05) is 13.6 Å². The molecule has 4 heteroatoms. The molecular weight excluding hydrogens is 248 g/mol. The van der Waals surface area contributed by atoms with Crippen LogP contribution in [0.15, 0.2) is 30.6 Å². The van der Waals surface area contributed by atoms with Crippen LogP contribution in [-0.4, -0.2) is 34.5 Å². The Balaban J connectivity index is 1.56. The van der Waals surface area contributed by atoms with Gasteiger partial charge in [0.25, 0.3) is 0 Å². The van der Waals surface area contributed by atoms with Gasteiger partial charge in [0.2, 0.25) is 0 Å². The smallest absolute Gasteiger partial charge is 0.0925 e. The fourth-order valence-corrected chi connectivity index (χ4v) is 2.92. The van der Waals surface area contributed by atoms with E-state index in [1.54, 1.807) is 6.33 Å². The maximum Gasteiger partial charge on any atom is 0.0925 e. The second-order valence-corrected chi connectivity index (χ2v) is 5.80. The molecule has 1 aromatic carbocycles. The van der Waals surface area contributed by atoms with Crippen molar-refractivity contribution < 1.29 is 0 Å². The topological polar surface area (TPSA) is 44.0 Å². The average Bonchev–Trinajstić information content (AvgIpc) is 2.86. The number of hydrogen-bond donors (Lipinski definition) is 2. The molecule has 1 atom stereocenters. The van der Waals surface area contributed by atoms with Gasteiger partial charge in [-0.2, -0.15) is 0 Å². The second kappa shape index (κ2) is 5.77. The van der Waals surface area contributed by atoms with Gasteiger partial charge in [0.05, 0.1) is 17.7 Å². The lowest BCUT2D eigenvalue weighted by atomic mass is 10.0. The van der Waals surface area contributed by atoms with Crippen LogP contribution in [0.5, 0.6) is 0 Å². The van der Waals surface area contributed by atoms with Crippen molar-refractivity contribution in [1.82, 2.24) is 20.2 Å². The number of nitrogens with one attached hydrogen (secondary N) is 2. The standard InChI is InChI=1S/C16H22N4/c1-12-4-3-5-13(6-12)9-20(2)10-14-7-15-16(8-17-14)19-11-18-15/h3-6,11,14,17H,7-10H2,1-2H3,(H,18,19). The van der Waals surface area contributed by atoms with E-state index in [1.165, 1.54) is 22.5 Å². The summed E-state index contributed by atoms with van der Waals surface area (Å²) in [4.78, 5) is 9.97. The third-order valence-corrected chi connectivity index (χ3v) is 3.88. The van der Waals surface area contributed by atoms with Gasteiger partial charge in [-0.05, 0) is 19.5 Å². The third kappa shape index (κ3) is 3.08. The Kier molecular flexibility index (Phi) is 3.85. The van der Waals surface area contributed by atoms with E-state index in [0.717, 1.165) is 26.1 Å². The van der Waals surface area contributed by atoms with E-state index in [-0.39, 0.29) is 0 Å². The summed E-state index contributed by atoms with van der Waals surface area (Å²) in [5, 5.41) is 3.58. The zero-order chi connectivity index (χ0) is 13.9. The van der Waals surface area contributed by atoms with Gasteiger partial charge in [-0.1, -0.05) is 29.8 Å². The molecule has 1 aromatic heterocycles. The SMILES string of the molecule is Cc1cccc(CN(C)CC2Cc3nc[nH]c3CN2)c1. The Morgan fingerprint density at radius 3 is 3.15 bits per heavy atom. The van der Waals surface area contributed by atoms with Gasteiger partial charge in [0.1, 0.15) is 0 Å². The number of fused-ring (bicyclic) bond motifs is 1. The molecular formula is C16H22N4. The van der Waals surface area contributed by atoms with Gasteiger partial charge in [0.15, 0.2) is 0 Å². The number of rotatable bonds is 4. The van der Waals surface area contributed by atoms with Crippen LogP contribution < -0.4 is 5.32 Å². The maximum absolute atomic E-state index is 4.40. The molecule has 4 nitrogen and oxygen atoms in total. The van der Waals surface area contributed by atoms with Crippen molar-refractivity contribution in [2.24, 2.45) is 0 Å². The number of aromatic nitrogens is 2. The lowest BCUT2D eigenvalue weighted by Gasteiger charge is -2.27. The lowest BCUT2D eigenvalue weighted by molar-refractivity contribution is 0.272. The summed E-state index contributed by atoms with van der Waals surface area (Å²) in [5.74, 6) is 0. The van der Waals surface area contributed by atoms with Crippen molar-refractivity contribution in [1.29, 1.82) is 0 Å². The Bertz CT molecular complexity index is 575. The largest absolute Gasteiger partial charge is 0.347 e. The summed E-state index contributed by atoms with van der Waals surface area (Å²) >= 11 is 0. The molecule has 1 aliphatic heterocycles. The van der Waals surface area contributed by atoms with Crippen LogP contribution >= 0.6 is 0 Å². The monoisotopic (exact) mass is 270 g/mol. The molecule has 2 N–H and O–H groups in total. The van der Waals surface area contributed by atoms with Crippen molar-refractivity contribution in [2.45, 2.75) is 32.5 Å². The van der Waals surface area contributed by atoms with E-state index in [4.69, 9.17) is 0 Å². The number of likely N-dealkylation sites (N-methyl/N-ethyl adjacent to an activating group) is 1. The van der Waals surface area contributed by atoms with Crippen LogP contribution in [0.2, 0.25) is 0 Å². The Labute approximate surface area is 120 Å². The Hall–Kier alpha value is -1.65. The van der Waals surface area contributed by atoms with Crippen LogP contribution in [0.4, 0.5) is 0 Å². The van der Waals surface area contributed by atoms with E-state index < -0.39 is 0 Å². The number of benzene rings is 1. The van der Waals surface area contributed by atoms with E-state index in [2.05, 4.69) is 58.4 Å². The average molecular weight is 270 g/mol. The Morgan fingerprint density at radius 1 is 1.40 bits per heavy atom. The van der Waals surface area contributed by atoms with E-state index in [9.17, 15) is 0 Å². The van der Waals surface area contributed by atoms with Crippen molar-refractivity contribution in [3.8, 4) is 0 Å². The van der Waals surface area contributed by atoms with Gasteiger partial charge < -0.3 is 15.2 Å². The van der Waals surface area contributed by atoms with E-state index >= 15 is 0 Å². The molecule has 3 rings (SSSR count). The molecule has 106 valence electrons. The first-order valence-corrected chi connectivity index (χ1v) is 7.19. The highest BCUT2D eigenvalue weighted by Gasteiger charge is 2.20. The minimum atomic E-state index is 0.487. The number of aryl methyl sites for hydroxylation is 1. The minimum Gasteiger partial charge on any atom is -0.347 e. The highest BCUT2D eigenvalue weighted by molar-refractivity contribution is 5.22. The van der Waals surface area contributed by atoms with Gasteiger partial charge in [-0.25, -0.2) is 4.98 Å². The number of aromatic amines is 1. The third-order valence-electron chi connectivity index (χ3n) is 3.88. The Morgan fingerprint density at radius 2 is 2.30 bits per heavy atom. The predicted molar refractivity (Wildman–Crippen MR) is 80.4 cm³/mol. The summed E-state index contributed by atoms with van der Waals surface area (Å²) in [6, 6.07) is 9.22. The normalized spacial score (nSPS) is 18.2. The van der Waals surface area contributed by atoms with Gasteiger partial charge >= 0.3 is 0 Å². The quantitative estimate of drug-likeness (QED) is 0.891. The molecule has 0 aliphatic carbocycles. The molecule has 0 bridgehead atoms. The fourth-order valence-electron chi connectivity index (χ4n) is 2.92. The van der Waals surface area contributed by atoms with Crippen LogP contribution in [0.25, 0.3) is 0 Å². The molecule has 0 fully saturated rings. The minimum absolute atomic E-state index is 0.487. The molecule has 1 aliphatic rings. The van der Waals surface area contributed by atoms with E-state index in [1.807, 2.05) is 0 Å². The summed E-state index contributed by atoms with van der Waals surface area (Å²) in [6.07, 6.45) is 2.81. The molecule has 1 unspecified atom stereocenters. The highest BCUT2D eigenvalue weighted by atomic mass is 15.1. The number of imidazole rings is 1. The fraction of sp³-hybridized carbons (Fsp3) is 0.438. The summed E-state index contributed by atoms with van der Waals surface area (Å²) in [5.41, 5.74) is 5.16. The molecule has 0 amide bonds. The lowest BCUT2D eigenvalue weighted by Crippen LogP contribution is -2.43. The number of nitrogens with zero attached hydrogens (tertiary/aromatic N) is 2. The second-order valence-electron chi connectivity index (χ2n) is 5.80. The van der Waals surface area contributed by atoms with Gasteiger partial charge in [-0.15, -0.1) is 0 Å².